The molecule has 21 heavy (non-hydrogen) atoms. The second kappa shape index (κ2) is 6.37. The lowest BCUT2D eigenvalue weighted by Crippen LogP contribution is -1.97. The fraction of sp³-hybridized carbons (Fsp3) is 0.125. The number of hydrogen-bond acceptors (Lipinski definition) is 5. The molecule has 0 aliphatic carbocycles. The Balaban J connectivity index is 1.65. The number of aryl methyl sites for hydroxylation is 1. The lowest BCUT2D eigenvalue weighted by atomic mass is 10.2. The van der Waals surface area contributed by atoms with Gasteiger partial charge in [0, 0.05) is 17.6 Å². The molecule has 3 aromatic rings. The molecule has 0 aliphatic rings. The van der Waals surface area contributed by atoms with E-state index in [0.29, 0.717) is 6.61 Å². The summed E-state index contributed by atoms with van der Waals surface area (Å²) in [4.78, 5) is 8.63. The van der Waals surface area contributed by atoms with Crippen LogP contribution in [0.3, 0.4) is 0 Å². The molecule has 0 amide bonds. The van der Waals surface area contributed by atoms with Crippen molar-refractivity contribution in [2.45, 2.75) is 13.5 Å². The lowest BCUT2D eigenvalue weighted by molar-refractivity contribution is 0.306. The molecule has 0 saturated heterocycles. The van der Waals surface area contributed by atoms with E-state index >= 15 is 0 Å². The number of thiazole rings is 1. The van der Waals surface area contributed by atoms with Crippen LogP contribution in [-0.4, -0.2) is 9.97 Å². The van der Waals surface area contributed by atoms with Crippen LogP contribution in [0.1, 0.15) is 11.3 Å². The molecular weight excluding hydrogens is 282 g/mol. The molecule has 2 heterocycles. The maximum atomic E-state index is 5.78. The van der Waals surface area contributed by atoms with Crippen LogP contribution in [-0.2, 0) is 6.61 Å². The minimum atomic E-state index is 0.542. The second-order valence-corrected chi connectivity index (χ2v) is 5.43. The highest BCUT2D eigenvalue weighted by Gasteiger charge is 2.02. The van der Waals surface area contributed by atoms with Crippen LogP contribution in [0.2, 0.25) is 0 Å². The summed E-state index contributed by atoms with van der Waals surface area (Å²) < 4.78 is 5.78. The first-order chi connectivity index (χ1) is 10.3. The van der Waals surface area contributed by atoms with Crippen molar-refractivity contribution in [3.8, 4) is 5.75 Å². The topological polar surface area (TPSA) is 47.0 Å². The first-order valence-electron chi connectivity index (χ1n) is 6.61. The molecule has 0 aliphatic heterocycles. The van der Waals surface area contributed by atoms with Gasteiger partial charge < -0.3 is 10.1 Å². The summed E-state index contributed by atoms with van der Waals surface area (Å²) in [6.45, 7) is 2.51. The van der Waals surface area contributed by atoms with Crippen molar-refractivity contribution < 1.29 is 4.74 Å². The Morgan fingerprint density at radius 1 is 1.19 bits per heavy atom. The molecule has 106 valence electrons. The molecule has 1 N–H and O–H groups in total. The Morgan fingerprint density at radius 2 is 2.05 bits per heavy atom. The Kier molecular flexibility index (Phi) is 4.12. The Labute approximate surface area is 127 Å². The van der Waals surface area contributed by atoms with Gasteiger partial charge in [-0.05, 0) is 18.6 Å². The molecule has 5 heteroatoms. The smallest absolute Gasteiger partial charge is 0.188 e. The van der Waals surface area contributed by atoms with Gasteiger partial charge in [0.25, 0.3) is 0 Å². The molecule has 0 atom stereocenters. The van der Waals surface area contributed by atoms with E-state index in [9.17, 15) is 0 Å². The van der Waals surface area contributed by atoms with Gasteiger partial charge in [-0.2, -0.15) is 0 Å². The molecule has 0 saturated carbocycles. The van der Waals surface area contributed by atoms with Crippen molar-refractivity contribution in [3.63, 3.8) is 0 Å². The third-order valence-electron chi connectivity index (χ3n) is 2.83. The predicted molar refractivity (Wildman–Crippen MR) is 85.1 cm³/mol. The number of ether oxygens (including phenoxy) is 1. The fourth-order valence-corrected chi connectivity index (χ4v) is 2.53. The van der Waals surface area contributed by atoms with Gasteiger partial charge >= 0.3 is 0 Å². The van der Waals surface area contributed by atoms with Crippen molar-refractivity contribution in [2.75, 3.05) is 5.32 Å². The molecule has 2 aromatic heterocycles. The highest BCUT2D eigenvalue weighted by molar-refractivity contribution is 7.13. The summed E-state index contributed by atoms with van der Waals surface area (Å²) in [5.41, 5.74) is 2.14. The zero-order valence-corrected chi connectivity index (χ0v) is 12.4. The van der Waals surface area contributed by atoms with Crippen molar-refractivity contribution >= 4 is 22.3 Å². The Morgan fingerprint density at radius 3 is 2.81 bits per heavy atom. The summed E-state index contributed by atoms with van der Waals surface area (Å²) in [5.74, 6) is 1.51. The van der Waals surface area contributed by atoms with Gasteiger partial charge in [-0.15, -0.1) is 11.3 Å². The minimum Gasteiger partial charge on any atom is -0.489 e. The SMILES string of the molecule is Cc1csc(Nc2cc(OCc3ccccc3)ccn2)n1. The first kappa shape index (κ1) is 13.6. The summed E-state index contributed by atoms with van der Waals surface area (Å²) in [5, 5.41) is 6.01. The van der Waals surface area contributed by atoms with E-state index in [4.69, 9.17) is 4.74 Å². The van der Waals surface area contributed by atoms with Crippen LogP contribution in [0, 0.1) is 6.92 Å². The van der Waals surface area contributed by atoms with E-state index in [0.717, 1.165) is 28.0 Å². The first-order valence-corrected chi connectivity index (χ1v) is 7.49. The highest BCUT2D eigenvalue weighted by Crippen LogP contribution is 2.22. The number of anilines is 2. The summed E-state index contributed by atoms with van der Waals surface area (Å²) >= 11 is 1.56. The maximum absolute atomic E-state index is 5.78. The minimum absolute atomic E-state index is 0.542. The van der Waals surface area contributed by atoms with E-state index in [2.05, 4.69) is 15.3 Å². The van der Waals surface area contributed by atoms with E-state index in [1.807, 2.05) is 54.8 Å². The zero-order valence-electron chi connectivity index (χ0n) is 11.6. The zero-order chi connectivity index (χ0) is 14.5. The van der Waals surface area contributed by atoms with Gasteiger partial charge in [0.15, 0.2) is 5.13 Å². The Hall–Kier alpha value is -2.40. The van der Waals surface area contributed by atoms with Gasteiger partial charge in [0.2, 0.25) is 0 Å². The van der Waals surface area contributed by atoms with Crippen LogP contribution >= 0.6 is 11.3 Å². The molecule has 3 rings (SSSR count). The van der Waals surface area contributed by atoms with Crippen LogP contribution < -0.4 is 10.1 Å². The number of benzene rings is 1. The fourth-order valence-electron chi connectivity index (χ4n) is 1.83. The van der Waals surface area contributed by atoms with Crippen molar-refractivity contribution in [3.05, 3.63) is 65.3 Å². The Bertz CT molecular complexity index is 712. The predicted octanol–water partition coefficient (Wildman–Crippen LogP) is 4.17. The molecule has 0 fully saturated rings. The number of pyridine rings is 1. The van der Waals surface area contributed by atoms with Crippen LogP contribution in [0.5, 0.6) is 5.75 Å². The number of rotatable bonds is 5. The molecule has 0 radical (unpaired) electrons. The van der Waals surface area contributed by atoms with Gasteiger partial charge in [-0.25, -0.2) is 9.97 Å². The van der Waals surface area contributed by atoms with E-state index in [1.54, 1.807) is 17.5 Å². The summed E-state index contributed by atoms with van der Waals surface area (Å²) in [7, 11) is 0. The van der Waals surface area contributed by atoms with E-state index < -0.39 is 0 Å². The number of nitrogens with one attached hydrogen (secondary N) is 1. The van der Waals surface area contributed by atoms with Gasteiger partial charge in [0.1, 0.15) is 18.2 Å². The molecule has 0 bridgehead atoms. The average Bonchev–Trinajstić information content (AvgIpc) is 2.92. The van der Waals surface area contributed by atoms with Gasteiger partial charge in [-0.1, -0.05) is 30.3 Å². The molecule has 1 aromatic carbocycles. The normalized spacial score (nSPS) is 10.3. The van der Waals surface area contributed by atoms with Gasteiger partial charge in [-0.3, -0.25) is 0 Å². The molecule has 0 spiro atoms. The number of nitrogens with zero attached hydrogens (tertiary/aromatic N) is 2. The van der Waals surface area contributed by atoms with Crippen molar-refractivity contribution in [2.24, 2.45) is 0 Å². The highest BCUT2D eigenvalue weighted by atomic mass is 32.1. The summed E-state index contributed by atoms with van der Waals surface area (Å²) in [6, 6.07) is 13.8. The second-order valence-electron chi connectivity index (χ2n) is 4.57. The van der Waals surface area contributed by atoms with E-state index in [1.165, 1.54) is 0 Å². The maximum Gasteiger partial charge on any atom is 0.188 e. The lowest BCUT2D eigenvalue weighted by Gasteiger charge is -2.08. The quantitative estimate of drug-likeness (QED) is 0.768. The molecule has 0 unspecified atom stereocenters. The standard InChI is InChI=1S/C16H15N3OS/c1-12-11-21-16(18-12)19-15-9-14(7-8-17-15)20-10-13-5-3-2-4-6-13/h2-9,11H,10H2,1H3,(H,17,18,19). The molecular formula is C16H15N3OS. The van der Waals surface area contributed by atoms with Crippen LogP contribution in [0.4, 0.5) is 10.9 Å². The third kappa shape index (κ3) is 3.79. The monoisotopic (exact) mass is 297 g/mol. The summed E-state index contributed by atoms with van der Waals surface area (Å²) in [6.07, 6.45) is 1.73. The van der Waals surface area contributed by atoms with Crippen LogP contribution in [0.25, 0.3) is 0 Å². The number of aromatic nitrogens is 2. The third-order valence-corrected chi connectivity index (χ3v) is 3.71. The average molecular weight is 297 g/mol. The van der Waals surface area contributed by atoms with Gasteiger partial charge in [0.05, 0.1) is 5.69 Å². The van der Waals surface area contributed by atoms with E-state index in [-0.39, 0.29) is 0 Å². The largest absolute Gasteiger partial charge is 0.489 e. The number of hydrogen-bond donors (Lipinski definition) is 1. The van der Waals surface area contributed by atoms with Crippen molar-refractivity contribution in [1.29, 1.82) is 0 Å². The van der Waals surface area contributed by atoms with Crippen molar-refractivity contribution in [1.82, 2.24) is 9.97 Å². The van der Waals surface area contributed by atoms with Crippen LogP contribution in [0.15, 0.2) is 54.0 Å². The molecule has 4 nitrogen and oxygen atoms in total.